The second-order valence-electron chi connectivity index (χ2n) is 4.67. The Bertz CT molecular complexity index is 689. The minimum Gasteiger partial charge on any atom is -0.507 e. The molecule has 114 valence electrons. The van der Waals surface area contributed by atoms with Gasteiger partial charge in [-0.2, -0.15) is 0 Å². The van der Waals surface area contributed by atoms with E-state index in [0.717, 1.165) is 5.56 Å². The Labute approximate surface area is 128 Å². The van der Waals surface area contributed by atoms with E-state index in [1.807, 2.05) is 0 Å². The van der Waals surface area contributed by atoms with Crippen molar-refractivity contribution in [1.29, 1.82) is 0 Å². The minimum absolute atomic E-state index is 0.115. The van der Waals surface area contributed by atoms with Crippen molar-refractivity contribution in [1.82, 2.24) is 0 Å². The van der Waals surface area contributed by atoms with Crippen LogP contribution in [0.3, 0.4) is 0 Å². The van der Waals surface area contributed by atoms with E-state index in [1.54, 1.807) is 30.3 Å². The third-order valence-corrected chi connectivity index (χ3v) is 3.25. The van der Waals surface area contributed by atoms with Gasteiger partial charge in [-0.05, 0) is 29.8 Å². The van der Waals surface area contributed by atoms with E-state index in [-0.39, 0.29) is 23.5 Å². The summed E-state index contributed by atoms with van der Waals surface area (Å²) in [7, 11) is 2.80. The number of rotatable bonds is 5. The predicted molar refractivity (Wildman–Crippen MR) is 80.5 cm³/mol. The van der Waals surface area contributed by atoms with Crippen molar-refractivity contribution in [3.05, 3.63) is 59.2 Å². The van der Waals surface area contributed by atoms with Gasteiger partial charge < -0.3 is 14.6 Å². The maximum atomic E-state index is 12.2. The predicted octanol–water partition coefficient (Wildman–Crippen LogP) is 2.61. The third kappa shape index (κ3) is 3.44. The number of carbonyl (C=O) groups excluding carboxylic acids is 2. The molecule has 0 aromatic heterocycles. The first kappa shape index (κ1) is 15.6. The molecule has 2 rings (SSSR count). The van der Waals surface area contributed by atoms with Gasteiger partial charge in [-0.15, -0.1) is 0 Å². The first-order chi connectivity index (χ1) is 10.5. The standard InChI is InChI=1S/C17H16O5/c1-21-13-7-8-14(16(19)10-13)15(18)9-11-3-5-12(6-4-11)17(20)22-2/h3-8,10,19H,9H2,1-2H3. The van der Waals surface area contributed by atoms with E-state index in [1.165, 1.54) is 26.4 Å². The quantitative estimate of drug-likeness (QED) is 0.679. The van der Waals surface area contributed by atoms with E-state index in [2.05, 4.69) is 4.74 Å². The molecule has 0 saturated heterocycles. The van der Waals surface area contributed by atoms with Crippen molar-refractivity contribution < 1.29 is 24.2 Å². The first-order valence-electron chi connectivity index (χ1n) is 6.62. The topological polar surface area (TPSA) is 72.8 Å². The molecule has 2 aromatic rings. The van der Waals surface area contributed by atoms with E-state index in [0.29, 0.717) is 11.3 Å². The smallest absolute Gasteiger partial charge is 0.337 e. The van der Waals surface area contributed by atoms with Crippen LogP contribution in [0.5, 0.6) is 11.5 Å². The molecule has 0 aliphatic carbocycles. The van der Waals surface area contributed by atoms with Crippen LogP contribution >= 0.6 is 0 Å². The second-order valence-corrected chi connectivity index (χ2v) is 4.67. The molecule has 0 spiro atoms. The van der Waals surface area contributed by atoms with Crippen LogP contribution in [0.4, 0.5) is 0 Å². The number of ether oxygens (including phenoxy) is 2. The maximum Gasteiger partial charge on any atom is 0.337 e. The molecule has 0 atom stereocenters. The fraction of sp³-hybridized carbons (Fsp3) is 0.176. The van der Waals surface area contributed by atoms with Crippen molar-refractivity contribution in [3.63, 3.8) is 0 Å². The SMILES string of the molecule is COC(=O)c1ccc(CC(=O)c2ccc(OC)cc2O)cc1. The van der Waals surface area contributed by atoms with Gasteiger partial charge in [-0.3, -0.25) is 4.79 Å². The third-order valence-electron chi connectivity index (χ3n) is 3.25. The Kier molecular flexibility index (Phi) is 4.78. The highest BCUT2D eigenvalue weighted by Crippen LogP contribution is 2.24. The Morgan fingerprint density at radius 1 is 1.05 bits per heavy atom. The number of hydrogen-bond acceptors (Lipinski definition) is 5. The molecule has 0 heterocycles. The highest BCUT2D eigenvalue weighted by atomic mass is 16.5. The molecule has 0 aliphatic heterocycles. The lowest BCUT2D eigenvalue weighted by molar-refractivity contribution is 0.0600. The highest BCUT2D eigenvalue weighted by molar-refractivity contribution is 6.00. The number of aromatic hydroxyl groups is 1. The number of methoxy groups -OCH3 is 2. The monoisotopic (exact) mass is 300 g/mol. The number of carbonyl (C=O) groups is 2. The van der Waals surface area contributed by atoms with Crippen LogP contribution in [0.1, 0.15) is 26.3 Å². The van der Waals surface area contributed by atoms with Gasteiger partial charge >= 0.3 is 5.97 Å². The van der Waals surface area contributed by atoms with Gasteiger partial charge in [0.15, 0.2) is 5.78 Å². The summed E-state index contributed by atoms with van der Waals surface area (Å²) in [4.78, 5) is 23.6. The molecular formula is C17H16O5. The van der Waals surface area contributed by atoms with Gasteiger partial charge in [0, 0.05) is 12.5 Å². The summed E-state index contributed by atoms with van der Waals surface area (Å²) < 4.78 is 9.59. The molecule has 0 saturated carbocycles. The molecule has 5 nitrogen and oxygen atoms in total. The molecule has 22 heavy (non-hydrogen) atoms. The summed E-state index contributed by atoms with van der Waals surface area (Å²) in [6.45, 7) is 0. The van der Waals surface area contributed by atoms with Crippen LogP contribution in [0, 0.1) is 0 Å². The summed E-state index contributed by atoms with van der Waals surface area (Å²) in [6, 6.07) is 11.1. The van der Waals surface area contributed by atoms with E-state index < -0.39 is 5.97 Å². The molecule has 2 aromatic carbocycles. The Morgan fingerprint density at radius 2 is 1.73 bits per heavy atom. The van der Waals surface area contributed by atoms with E-state index >= 15 is 0 Å². The molecular weight excluding hydrogens is 284 g/mol. The van der Waals surface area contributed by atoms with Crippen LogP contribution in [0.2, 0.25) is 0 Å². The number of phenols is 1. The van der Waals surface area contributed by atoms with Crippen molar-refractivity contribution >= 4 is 11.8 Å². The van der Waals surface area contributed by atoms with Crippen LogP contribution in [0.15, 0.2) is 42.5 Å². The van der Waals surface area contributed by atoms with E-state index in [9.17, 15) is 14.7 Å². The second kappa shape index (κ2) is 6.76. The zero-order chi connectivity index (χ0) is 16.1. The molecule has 1 N–H and O–H groups in total. The Balaban J connectivity index is 2.13. The lowest BCUT2D eigenvalue weighted by Crippen LogP contribution is -2.05. The number of esters is 1. The Hall–Kier alpha value is -2.82. The molecule has 0 fully saturated rings. The highest BCUT2D eigenvalue weighted by Gasteiger charge is 2.13. The minimum atomic E-state index is -0.425. The summed E-state index contributed by atoms with van der Waals surface area (Å²) in [5.74, 6) is -0.274. The molecule has 0 unspecified atom stereocenters. The summed E-state index contributed by atoms with van der Waals surface area (Å²) in [6.07, 6.45) is 0.126. The lowest BCUT2D eigenvalue weighted by atomic mass is 10.0. The van der Waals surface area contributed by atoms with Crippen molar-refractivity contribution in [2.75, 3.05) is 14.2 Å². The van der Waals surface area contributed by atoms with Gasteiger partial charge in [0.2, 0.25) is 0 Å². The molecule has 0 radical (unpaired) electrons. The fourth-order valence-electron chi connectivity index (χ4n) is 2.03. The largest absolute Gasteiger partial charge is 0.507 e. The fourth-order valence-corrected chi connectivity index (χ4v) is 2.03. The van der Waals surface area contributed by atoms with Gasteiger partial charge in [0.05, 0.1) is 25.3 Å². The van der Waals surface area contributed by atoms with Crippen molar-refractivity contribution in [3.8, 4) is 11.5 Å². The van der Waals surface area contributed by atoms with Crippen LogP contribution in [0.25, 0.3) is 0 Å². The van der Waals surface area contributed by atoms with Crippen LogP contribution < -0.4 is 4.74 Å². The zero-order valence-electron chi connectivity index (χ0n) is 12.3. The lowest BCUT2D eigenvalue weighted by Gasteiger charge is -2.07. The van der Waals surface area contributed by atoms with Crippen LogP contribution in [-0.2, 0) is 11.2 Å². The number of phenolic OH excluding ortho intramolecular Hbond substituents is 1. The summed E-state index contributed by atoms with van der Waals surface area (Å²) in [5.41, 5.74) is 1.40. The number of ketones is 1. The molecule has 0 amide bonds. The molecule has 0 bridgehead atoms. The number of Topliss-reactive ketones (excluding diaryl/α,β-unsaturated/α-hetero) is 1. The van der Waals surface area contributed by atoms with Gasteiger partial charge in [0.25, 0.3) is 0 Å². The Morgan fingerprint density at radius 3 is 2.27 bits per heavy atom. The van der Waals surface area contributed by atoms with Crippen LogP contribution in [-0.4, -0.2) is 31.1 Å². The van der Waals surface area contributed by atoms with Gasteiger partial charge in [0.1, 0.15) is 11.5 Å². The van der Waals surface area contributed by atoms with Crippen molar-refractivity contribution in [2.45, 2.75) is 6.42 Å². The van der Waals surface area contributed by atoms with E-state index in [4.69, 9.17) is 4.74 Å². The maximum absolute atomic E-state index is 12.2. The number of hydrogen-bond donors (Lipinski definition) is 1. The molecule has 5 heteroatoms. The summed E-state index contributed by atoms with van der Waals surface area (Å²) >= 11 is 0. The first-order valence-corrected chi connectivity index (χ1v) is 6.62. The average Bonchev–Trinajstić information content (AvgIpc) is 2.54. The van der Waals surface area contributed by atoms with Crippen molar-refractivity contribution in [2.24, 2.45) is 0 Å². The average molecular weight is 300 g/mol. The summed E-state index contributed by atoms with van der Waals surface area (Å²) in [5, 5.41) is 9.86. The van der Waals surface area contributed by atoms with Gasteiger partial charge in [-0.25, -0.2) is 4.79 Å². The normalized spacial score (nSPS) is 10.1. The van der Waals surface area contributed by atoms with Gasteiger partial charge in [-0.1, -0.05) is 12.1 Å². The molecule has 0 aliphatic rings. The zero-order valence-corrected chi connectivity index (χ0v) is 12.3. The number of benzene rings is 2.